The first kappa shape index (κ1) is 20.7. The highest BCUT2D eigenvalue weighted by molar-refractivity contribution is 5.79. The van der Waals surface area contributed by atoms with E-state index >= 15 is 0 Å². The Bertz CT molecular complexity index is 689. The van der Waals surface area contributed by atoms with Crippen molar-refractivity contribution in [2.75, 3.05) is 32.8 Å². The van der Waals surface area contributed by atoms with Crippen molar-refractivity contribution in [2.24, 2.45) is 5.92 Å². The zero-order valence-electron chi connectivity index (χ0n) is 18.1. The van der Waals surface area contributed by atoms with Crippen LogP contribution in [0.4, 0.5) is 0 Å². The first-order valence-corrected chi connectivity index (χ1v) is 11.5. The Hall–Kier alpha value is -1.59. The molecule has 0 aromatic heterocycles. The van der Waals surface area contributed by atoms with Crippen molar-refractivity contribution in [3.63, 3.8) is 0 Å². The highest BCUT2D eigenvalue weighted by Gasteiger charge is 2.43. The van der Waals surface area contributed by atoms with Gasteiger partial charge in [0.1, 0.15) is 11.4 Å². The summed E-state index contributed by atoms with van der Waals surface area (Å²) in [6.07, 6.45) is 6.09. The molecular formula is C24H36N2O3. The number of ether oxygens (including phenoxy) is 2. The minimum absolute atomic E-state index is 0.113. The summed E-state index contributed by atoms with van der Waals surface area (Å²) in [5.74, 6) is 1.38. The second-order valence-corrected chi connectivity index (χ2v) is 8.98. The Morgan fingerprint density at radius 3 is 2.52 bits per heavy atom. The average molecular weight is 401 g/mol. The number of hydrogen-bond acceptors (Lipinski definition) is 4. The maximum Gasteiger partial charge on any atom is 0.226 e. The third kappa shape index (κ3) is 4.46. The molecule has 3 aliphatic rings. The number of hydrogen-bond donors (Lipinski definition) is 0. The second kappa shape index (κ2) is 9.05. The normalized spacial score (nSPS) is 28.1. The van der Waals surface area contributed by atoms with E-state index in [4.69, 9.17) is 9.47 Å². The number of fused-ring (bicyclic) bond motifs is 1. The Morgan fingerprint density at radius 1 is 1.14 bits per heavy atom. The summed E-state index contributed by atoms with van der Waals surface area (Å²) < 4.78 is 12.2. The summed E-state index contributed by atoms with van der Waals surface area (Å²) in [5, 5.41) is 0. The fourth-order valence-electron chi connectivity index (χ4n) is 5.36. The molecule has 0 radical (unpaired) electrons. The van der Waals surface area contributed by atoms with Crippen molar-refractivity contribution >= 4 is 5.91 Å². The van der Waals surface area contributed by atoms with Crippen molar-refractivity contribution in [1.82, 2.24) is 9.80 Å². The highest BCUT2D eigenvalue weighted by Crippen LogP contribution is 2.40. The summed E-state index contributed by atoms with van der Waals surface area (Å²) in [6.45, 7) is 9.41. The molecule has 1 saturated carbocycles. The van der Waals surface area contributed by atoms with E-state index in [1.807, 2.05) is 6.07 Å². The summed E-state index contributed by atoms with van der Waals surface area (Å²) in [4.78, 5) is 18.0. The van der Waals surface area contributed by atoms with Gasteiger partial charge in [-0.3, -0.25) is 9.69 Å². The minimum atomic E-state index is -0.253. The van der Waals surface area contributed by atoms with Gasteiger partial charge >= 0.3 is 0 Å². The zero-order valence-corrected chi connectivity index (χ0v) is 18.1. The number of morpholine rings is 1. The number of amides is 1. The lowest BCUT2D eigenvalue weighted by Gasteiger charge is -2.45. The fraction of sp³-hybridized carbons (Fsp3) is 0.708. The molecule has 5 heteroatoms. The molecule has 0 bridgehead atoms. The number of rotatable bonds is 4. The fourth-order valence-corrected chi connectivity index (χ4v) is 5.36. The van der Waals surface area contributed by atoms with E-state index < -0.39 is 0 Å². The van der Waals surface area contributed by atoms with Crippen LogP contribution in [0.25, 0.3) is 0 Å². The molecule has 29 heavy (non-hydrogen) atoms. The van der Waals surface area contributed by atoms with Crippen LogP contribution in [0.15, 0.2) is 24.3 Å². The summed E-state index contributed by atoms with van der Waals surface area (Å²) in [5.41, 5.74) is 0.885. The molecule has 2 fully saturated rings. The van der Waals surface area contributed by atoms with Gasteiger partial charge in [-0.1, -0.05) is 32.0 Å². The molecule has 0 atom stereocenters. The van der Waals surface area contributed by atoms with Crippen LogP contribution in [0.3, 0.4) is 0 Å². The van der Waals surface area contributed by atoms with Gasteiger partial charge in [0, 0.05) is 37.2 Å². The topological polar surface area (TPSA) is 42.0 Å². The monoisotopic (exact) mass is 400 g/mol. The molecular weight excluding hydrogens is 364 g/mol. The maximum absolute atomic E-state index is 13.3. The molecule has 2 heterocycles. The number of carbonyl (C=O) groups excluding carboxylic acids is 1. The Labute approximate surface area is 175 Å². The van der Waals surface area contributed by atoms with Crippen LogP contribution in [0.2, 0.25) is 0 Å². The van der Waals surface area contributed by atoms with Gasteiger partial charge in [-0.05, 0) is 44.6 Å². The van der Waals surface area contributed by atoms with Gasteiger partial charge in [-0.2, -0.15) is 0 Å². The molecule has 5 nitrogen and oxygen atoms in total. The van der Waals surface area contributed by atoms with Crippen molar-refractivity contribution in [3.8, 4) is 5.75 Å². The van der Waals surface area contributed by atoms with Crippen LogP contribution in [-0.2, 0) is 16.1 Å². The predicted octanol–water partition coefficient (Wildman–Crippen LogP) is 3.86. The highest BCUT2D eigenvalue weighted by atomic mass is 16.5. The van der Waals surface area contributed by atoms with Crippen molar-refractivity contribution in [2.45, 2.75) is 70.6 Å². The van der Waals surface area contributed by atoms with Gasteiger partial charge in [0.25, 0.3) is 0 Å². The minimum Gasteiger partial charge on any atom is -0.485 e. The molecule has 4 rings (SSSR count). The largest absolute Gasteiger partial charge is 0.485 e. The third-order valence-electron chi connectivity index (χ3n) is 7.21. The van der Waals surface area contributed by atoms with Crippen molar-refractivity contribution < 1.29 is 14.3 Å². The zero-order chi connectivity index (χ0) is 20.3. The quantitative estimate of drug-likeness (QED) is 0.770. The molecule has 1 saturated heterocycles. The standard InChI is InChI=1S/C24H36N2O3/c1-3-19(4-2)23(27)26-17-20-7-5-6-8-22(20)29-24(18-26)11-9-21(10-12-24)25-13-15-28-16-14-25/h5-8,19,21H,3-4,9-18H2,1-2H3. The Morgan fingerprint density at radius 2 is 1.83 bits per heavy atom. The van der Waals surface area contributed by atoms with Crippen LogP contribution in [0, 0.1) is 5.92 Å². The lowest BCUT2D eigenvalue weighted by molar-refractivity contribution is -0.140. The summed E-state index contributed by atoms with van der Waals surface area (Å²) in [6, 6.07) is 8.91. The average Bonchev–Trinajstić information content (AvgIpc) is 2.92. The predicted molar refractivity (Wildman–Crippen MR) is 114 cm³/mol. The van der Waals surface area contributed by atoms with Gasteiger partial charge in [0.2, 0.25) is 5.91 Å². The van der Waals surface area contributed by atoms with E-state index in [0.29, 0.717) is 25.0 Å². The summed E-state index contributed by atoms with van der Waals surface area (Å²) in [7, 11) is 0. The molecule has 2 aliphatic heterocycles. The van der Waals surface area contributed by atoms with Gasteiger partial charge < -0.3 is 14.4 Å². The molecule has 1 aliphatic carbocycles. The van der Waals surface area contributed by atoms with Crippen molar-refractivity contribution in [3.05, 3.63) is 29.8 Å². The van der Waals surface area contributed by atoms with E-state index in [1.165, 1.54) is 0 Å². The molecule has 1 aromatic rings. The Balaban J connectivity index is 1.53. The maximum atomic E-state index is 13.3. The molecule has 160 valence electrons. The summed E-state index contributed by atoms with van der Waals surface area (Å²) >= 11 is 0. The van der Waals surface area contributed by atoms with E-state index in [1.54, 1.807) is 0 Å². The van der Waals surface area contributed by atoms with Crippen LogP contribution in [0.5, 0.6) is 5.75 Å². The van der Waals surface area contributed by atoms with Gasteiger partial charge in [-0.25, -0.2) is 0 Å². The first-order valence-electron chi connectivity index (χ1n) is 11.5. The van der Waals surface area contributed by atoms with Gasteiger partial charge in [-0.15, -0.1) is 0 Å². The van der Waals surface area contributed by atoms with E-state index in [9.17, 15) is 4.79 Å². The Kier molecular flexibility index (Phi) is 6.45. The molecule has 0 unspecified atom stereocenters. The smallest absolute Gasteiger partial charge is 0.226 e. The van der Waals surface area contributed by atoms with Gasteiger partial charge in [0.05, 0.1) is 19.8 Å². The van der Waals surface area contributed by atoms with Crippen LogP contribution in [-0.4, -0.2) is 60.2 Å². The van der Waals surface area contributed by atoms with Crippen LogP contribution >= 0.6 is 0 Å². The SMILES string of the molecule is CCC(CC)C(=O)N1Cc2ccccc2OC2(CCC(N3CCOCC3)CC2)C1. The number of para-hydroxylation sites is 1. The van der Waals surface area contributed by atoms with Crippen molar-refractivity contribution in [1.29, 1.82) is 0 Å². The molecule has 1 aromatic carbocycles. The number of nitrogens with zero attached hydrogens (tertiary/aromatic N) is 2. The third-order valence-corrected chi connectivity index (χ3v) is 7.21. The lowest BCUT2D eigenvalue weighted by atomic mass is 9.80. The number of benzene rings is 1. The van der Waals surface area contributed by atoms with E-state index in [2.05, 4.69) is 41.8 Å². The second-order valence-electron chi connectivity index (χ2n) is 8.98. The first-order chi connectivity index (χ1) is 14.1. The van der Waals surface area contributed by atoms with Crippen LogP contribution in [0.1, 0.15) is 57.9 Å². The van der Waals surface area contributed by atoms with Crippen LogP contribution < -0.4 is 4.74 Å². The lowest BCUT2D eigenvalue weighted by Crippen LogP contribution is -2.54. The molecule has 1 amide bonds. The van der Waals surface area contributed by atoms with E-state index in [-0.39, 0.29) is 11.5 Å². The number of carbonyl (C=O) groups is 1. The molecule has 0 N–H and O–H groups in total. The molecule has 1 spiro atoms. The van der Waals surface area contributed by atoms with Gasteiger partial charge in [0.15, 0.2) is 0 Å². The van der Waals surface area contributed by atoms with E-state index in [0.717, 1.165) is 76.1 Å².